The van der Waals surface area contributed by atoms with Gasteiger partial charge in [-0.1, -0.05) is 36.8 Å². The van der Waals surface area contributed by atoms with Crippen LogP contribution in [0.5, 0.6) is 0 Å². The Hall–Kier alpha value is -2.44. The van der Waals surface area contributed by atoms with Crippen LogP contribution in [0.4, 0.5) is 5.69 Å². The summed E-state index contributed by atoms with van der Waals surface area (Å²) in [6.45, 7) is 3.94. The van der Waals surface area contributed by atoms with Crippen molar-refractivity contribution in [1.82, 2.24) is 0 Å². The van der Waals surface area contributed by atoms with Gasteiger partial charge < -0.3 is 5.32 Å². The first kappa shape index (κ1) is 18.4. The summed E-state index contributed by atoms with van der Waals surface area (Å²) in [7, 11) is -3.61. The second kappa shape index (κ2) is 7.43. The largest absolute Gasteiger partial charge is 0.321 e. The lowest BCUT2D eigenvalue weighted by Crippen LogP contribution is -2.10. The molecule has 0 saturated heterocycles. The van der Waals surface area contributed by atoms with Gasteiger partial charge in [0.15, 0.2) is 0 Å². The van der Waals surface area contributed by atoms with Crippen LogP contribution in [0, 0.1) is 6.92 Å². The zero-order chi connectivity index (χ0) is 18.7. The molecule has 1 heterocycles. The first-order valence-electron chi connectivity index (χ1n) is 8.22. The minimum Gasteiger partial charge on any atom is -0.321 e. The van der Waals surface area contributed by atoms with Gasteiger partial charge in [-0.2, -0.15) is 0 Å². The fourth-order valence-electron chi connectivity index (χ4n) is 2.48. The van der Waals surface area contributed by atoms with Gasteiger partial charge in [0.25, 0.3) is 5.91 Å². The second-order valence-electron chi connectivity index (χ2n) is 5.94. The molecule has 4 nitrogen and oxygen atoms in total. The molecular formula is C20H19NO3S2. The number of aryl methyl sites for hydroxylation is 2. The molecule has 3 aromatic rings. The summed E-state index contributed by atoms with van der Waals surface area (Å²) in [6, 6.07) is 17.3. The SMILES string of the molecule is CCc1cccc(NC(=O)c2ccc(S(=O)(=O)c3ccc(C)cc3)s2)c1. The third kappa shape index (κ3) is 3.86. The van der Waals surface area contributed by atoms with Crippen LogP contribution in [-0.2, 0) is 16.3 Å². The molecule has 0 atom stereocenters. The molecule has 1 N–H and O–H groups in total. The van der Waals surface area contributed by atoms with Crippen LogP contribution < -0.4 is 5.32 Å². The van der Waals surface area contributed by atoms with E-state index < -0.39 is 9.84 Å². The number of carbonyl (C=O) groups is 1. The molecule has 0 bridgehead atoms. The predicted octanol–water partition coefficient (Wildman–Crippen LogP) is 4.70. The standard InChI is InChI=1S/C20H19NO3S2/c1-3-15-5-4-6-16(13-15)21-20(22)18-11-12-19(25-18)26(23,24)17-9-7-14(2)8-10-17/h4-13H,3H2,1-2H3,(H,21,22). The fraction of sp³-hybridized carbons (Fsp3) is 0.150. The molecule has 1 amide bonds. The zero-order valence-corrected chi connectivity index (χ0v) is 16.2. The Morgan fingerprint density at radius 2 is 1.77 bits per heavy atom. The summed E-state index contributed by atoms with van der Waals surface area (Å²) in [5, 5.41) is 2.82. The fourth-order valence-corrected chi connectivity index (χ4v) is 5.09. The number of carbonyl (C=O) groups excluding carboxylic acids is 1. The van der Waals surface area contributed by atoms with Crippen LogP contribution in [0.3, 0.4) is 0 Å². The lowest BCUT2D eigenvalue weighted by Gasteiger charge is -2.05. The van der Waals surface area contributed by atoms with Gasteiger partial charge in [-0.3, -0.25) is 4.79 Å². The van der Waals surface area contributed by atoms with Crippen molar-refractivity contribution < 1.29 is 13.2 Å². The minimum atomic E-state index is -3.61. The number of benzene rings is 2. The molecule has 6 heteroatoms. The number of sulfone groups is 1. The molecule has 134 valence electrons. The molecule has 0 unspecified atom stereocenters. The Labute approximate surface area is 157 Å². The monoisotopic (exact) mass is 385 g/mol. The Balaban J connectivity index is 1.82. The number of amides is 1. The lowest BCUT2D eigenvalue weighted by molar-refractivity contribution is 0.103. The van der Waals surface area contributed by atoms with Gasteiger partial charge in [-0.05, 0) is 55.3 Å². The summed E-state index contributed by atoms with van der Waals surface area (Å²) in [4.78, 5) is 13.0. The highest BCUT2D eigenvalue weighted by atomic mass is 32.2. The minimum absolute atomic E-state index is 0.161. The molecule has 0 aliphatic rings. The molecule has 0 aliphatic heterocycles. The van der Waals surface area contributed by atoms with Gasteiger partial charge in [0, 0.05) is 5.69 Å². The third-order valence-electron chi connectivity index (χ3n) is 3.99. The van der Waals surface area contributed by atoms with E-state index in [0.717, 1.165) is 28.9 Å². The molecule has 0 fully saturated rings. The van der Waals surface area contributed by atoms with E-state index in [1.54, 1.807) is 30.3 Å². The third-order valence-corrected chi connectivity index (χ3v) is 7.34. The van der Waals surface area contributed by atoms with Gasteiger partial charge in [-0.25, -0.2) is 8.42 Å². The zero-order valence-electron chi connectivity index (χ0n) is 14.5. The van der Waals surface area contributed by atoms with Crippen molar-refractivity contribution in [3.05, 3.63) is 76.7 Å². The van der Waals surface area contributed by atoms with Gasteiger partial charge in [0.05, 0.1) is 9.77 Å². The lowest BCUT2D eigenvalue weighted by atomic mass is 10.1. The molecule has 0 aliphatic carbocycles. The molecule has 0 radical (unpaired) electrons. The van der Waals surface area contributed by atoms with E-state index in [9.17, 15) is 13.2 Å². The van der Waals surface area contributed by atoms with E-state index in [2.05, 4.69) is 5.32 Å². The van der Waals surface area contributed by atoms with E-state index in [1.807, 2.05) is 38.1 Å². The molecule has 3 rings (SSSR count). The van der Waals surface area contributed by atoms with Crippen molar-refractivity contribution in [3.63, 3.8) is 0 Å². The maximum atomic E-state index is 12.7. The van der Waals surface area contributed by atoms with Gasteiger partial charge in [0.2, 0.25) is 9.84 Å². The van der Waals surface area contributed by atoms with Crippen LogP contribution in [0.15, 0.2) is 69.8 Å². The average Bonchev–Trinajstić information content (AvgIpc) is 3.13. The van der Waals surface area contributed by atoms with Crippen LogP contribution in [0.1, 0.15) is 27.7 Å². The predicted molar refractivity (Wildman–Crippen MR) is 105 cm³/mol. The summed E-state index contributed by atoms with van der Waals surface area (Å²) in [5.41, 5.74) is 2.81. The van der Waals surface area contributed by atoms with Crippen molar-refractivity contribution in [2.75, 3.05) is 5.32 Å². The summed E-state index contributed by atoms with van der Waals surface area (Å²) >= 11 is 0.976. The summed E-state index contributed by atoms with van der Waals surface area (Å²) in [5.74, 6) is -0.311. The number of anilines is 1. The second-order valence-corrected chi connectivity index (χ2v) is 9.20. The number of hydrogen-bond donors (Lipinski definition) is 1. The van der Waals surface area contributed by atoms with Crippen molar-refractivity contribution >= 4 is 32.8 Å². The van der Waals surface area contributed by atoms with E-state index in [0.29, 0.717) is 10.6 Å². The number of nitrogens with one attached hydrogen (secondary N) is 1. The van der Waals surface area contributed by atoms with Crippen molar-refractivity contribution in [1.29, 1.82) is 0 Å². The highest BCUT2D eigenvalue weighted by molar-refractivity contribution is 7.93. The van der Waals surface area contributed by atoms with Crippen LogP contribution >= 0.6 is 11.3 Å². The molecule has 0 spiro atoms. The van der Waals surface area contributed by atoms with Crippen molar-refractivity contribution in [2.24, 2.45) is 0 Å². The van der Waals surface area contributed by atoms with E-state index in [1.165, 1.54) is 6.07 Å². The van der Waals surface area contributed by atoms with Crippen LogP contribution in [-0.4, -0.2) is 14.3 Å². The van der Waals surface area contributed by atoms with E-state index in [4.69, 9.17) is 0 Å². The molecule has 26 heavy (non-hydrogen) atoms. The van der Waals surface area contributed by atoms with E-state index >= 15 is 0 Å². The Morgan fingerprint density at radius 1 is 1.04 bits per heavy atom. The Bertz CT molecular complexity index is 1030. The average molecular weight is 386 g/mol. The Morgan fingerprint density at radius 3 is 2.46 bits per heavy atom. The smallest absolute Gasteiger partial charge is 0.265 e. The highest BCUT2D eigenvalue weighted by Gasteiger charge is 2.21. The van der Waals surface area contributed by atoms with Crippen LogP contribution in [0.25, 0.3) is 0 Å². The van der Waals surface area contributed by atoms with Crippen molar-refractivity contribution in [2.45, 2.75) is 29.4 Å². The Kier molecular flexibility index (Phi) is 5.25. The summed E-state index contributed by atoms with van der Waals surface area (Å²) in [6.07, 6.45) is 0.877. The number of thiophene rings is 1. The molecular weight excluding hydrogens is 366 g/mol. The van der Waals surface area contributed by atoms with Gasteiger partial charge in [-0.15, -0.1) is 11.3 Å². The molecule has 0 saturated carbocycles. The number of hydrogen-bond acceptors (Lipinski definition) is 4. The first-order chi connectivity index (χ1) is 12.4. The molecule has 2 aromatic carbocycles. The summed E-state index contributed by atoms with van der Waals surface area (Å²) < 4.78 is 25.6. The van der Waals surface area contributed by atoms with Crippen molar-refractivity contribution in [3.8, 4) is 0 Å². The maximum absolute atomic E-state index is 12.7. The number of rotatable bonds is 5. The normalized spacial score (nSPS) is 11.3. The quantitative estimate of drug-likeness (QED) is 0.692. The van der Waals surface area contributed by atoms with E-state index in [-0.39, 0.29) is 15.0 Å². The topological polar surface area (TPSA) is 63.2 Å². The van der Waals surface area contributed by atoms with Gasteiger partial charge >= 0.3 is 0 Å². The van der Waals surface area contributed by atoms with Gasteiger partial charge in [0.1, 0.15) is 4.21 Å². The first-order valence-corrected chi connectivity index (χ1v) is 10.5. The maximum Gasteiger partial charge on any atom is 0.265 e. The molecule has 1 aromatic heterocycles. The highest BCUT2D eigenvalue weighted by Crippen LogP contribution is 2.28. The van der Waals surface area contributed by atoms with Crippen LogP contribution in [0.2, 0.25) is 0 Å².